The summed E-state index contributed by atoms with van der Waals surface area (Å²) in [7, 11) is 0. The minimum atomic E-state index is -0.716. The molecule has 0 bridgehead atoms. The van der Waals surface area contributed by atoms with E-state index in [1.54, 1.807) is 0 Å². The number of benzene rings is 1. The van der Waals surface area contributed by atoms with Crippen LogP contribution in [0.25, 0.3) is 0 Å². The largest absolute Gasteiger partial charge is 0.447 e. The van der Waals surface area contributed by atoms with E-state index in [-0.39, 0.29) is 23.6 Å². The summed E-state index contributed by atoms with van der Waals surface area (Å²) in [6, 6.07) is 9.34. The molecular weight excluding hydrogens is 358 g/mol. The van der Waals surface area contributed by atoms with E-state index in [0.29, 0.717) is 18.9 Å². The third-order valence-electron chi connectivity index (χ3n) is 5.27. The van der Waals surface area contributed by atoms with Gasteiger partial charge in [0.25, 0.3) is 5.89 Å². The fourth-order valence-electron chi connectivity index (χ4n) is 3.42. The van der Waals surface area contributed by atoms with E-state index < -0.39 is 12.1 Å². The first-order valence-electron chi connectivity index (χ1n) is 9.84. The van der Waals surface area contributed by atoms with Crippen molar-refractivity contribution in [3.8, 4) is 0 Å². The van der Waals surface area contributed by atoms with Gasteiger partial charge in [0.2, 0.25) is 12.0 Å². The van der Waals surface area contributed by atoms with Crippen LogP contribution in [-0.2, 0) is 14.3 Å². The lowest BCUT2D eigenvalue weighted by Gasteiger charge is -2.32. The summed E-state index contributed by atoms with van der Waals surface area (Å²) in [6.45, 7) is 6.76. The average molecular weight is 385 g/mol. The Kier molecular flexibility index (Phi) is 6.44. The van der Waals surface area contributed by atoms with E-state index in [1.807, 2.05) is 49.1 Å². The predicted octanol–water partition coefficient (Wildman–Crippen LogP) is 3.47. The molecule has 3 rings (SSSR count). The van der Waals surface area contributed by atoms with E-state index in [9.17, 15) is 9.59 Å². The van der Waals surface area contributed by atoms with Crippen molar-refractivity contribution in [3.05, 3.63) is 47.6 Å². The number of nitrogens with zero attached hydrogens (tertiary/aromatic N) is 3. The van der Waals surface area contributed by atoms with Crippen molar-refractivity contribution >= 4 is 11.9 Å². The Hall–Kier alpha value is -2.70. The fourth-order valence-corrected chi connectivity index (χ4v) is 3.42. The van der Waals surface area contributed by atoms with Crippen LogP contribution in [0.1, 0.15) is 69.3 Å². The molecule has 7 nitrogen and oxygen atoms in total. The molecule has 0 aliphatic carbocycles. The molecule has 1 aromatic heterocycles. The van der Waals surface area contributed by atoms with Crippen LogP contribution in [0.4, 0.5) is 0 Å². The Bertz CT molecular complexity index is 797. The average Bonchev–Trinajstić information content (AvgIpc) is 3.21. The number of hydrogen-bond acceptors (Lipinski definition) is 6. The first-order chi connectivity index (χ1) is 13.5. The summed E-state index contributed by atoms with van der Waals surface area (Å²) in [5.74, 6) is 0.878. The molecule has 7 heteroatoms. The lowest BCUT2D eigenvalue weighted by Crippen LogP contribution is -2.40. The zero-order valence-electron chi connectivity index (χ0n) is 16.6. The molecule has 1 saturated heterocycles. The van der Waals surface area contributed by atoms with Gasteiger partial charge in [-0.3, -0.25) is 9.59 Å². The lowest BCUT2D eigenvalue weighted by atomic mass is 9.95. The SMILES string of the molecule is CC[C@@H](C)C(=O)N1CCC(c2noc([C@@H](OC(C)=O)c3ccccc3)n2)CC1. The number of ether oxygens (including phenoxy) is 1. The van der Waals surface area contributed by atoms with Crippen LogP contribution in [-0.4, -0.2) is 40.0 Å². The van der Waals surface area contributed by atoms with Gasteiger partial charge in [0.05, 0.1) is 0 Å². The number of aromatic nitrogens is 2. The summed E-state index contributed by atoms with van der Waals surface area (Å²) in [5.41, 5.74) is 0.780. The van der Waals surface area contributed by atoms with Gasteiger partial charge in [0.1, 0.15) is 0 Å². The van der Waals surface area contributed by atoms with Crippen LogP contribution in [0.3, 0.4) is 0 Å². The normalized spacial score (nSPS) is 17.2. The van der Waals surface area contributed by atoms with Crippen molar-refractivity contribution in [3.63, 3.8) is 0 Å². The fraction of sp³-hybridized carbons (Fsp3) is 0.524. The van der Waals surface area contributed by atoms with Crippen LogP contribution >= 0.6 is 0 Å². The van der Waals surface area contributed by atoms with Crippen molar-refractivity contribution in [2.75, 3.05) is 13.1 Å². The van der Waals surface area contributed by atoms with Crippen LogP contribution in [0.5, 0.6) is 0 Å². The van der Waals surface area contributed by atoms with Crippen molar-refractivity contribution in [2.24, 2.45) is 5.92 Å². The van der Waals surface area contributed by atoms with Gasteiger partial charge in [-0.2, -0.15) is 4.98 Å². The summed E-state index contributed by atoms with van der Waals surface area (Å²) >= 11 is 0. The quantitative estimate of drug-likeness (QED) is 0.708. The maximum absolute atomic E-state index is 12.4. The molecule has 0 N–H and O–H groups in total. The number of rotatable bonds is 6. The summed E-state index contributed by atoms with van der Waals surface area (Å²) in [6.07, 6.45) is 1.73. The van der Waals surface area contributed by atoms with Crippen molar-refractivity contribution in [2.45, 2.75) is 52.1 Å². The van der Waals surface area contributed by atoms with Gasteiger partial charge in [0, 0.05) is 37.4 Å². The monoisotopic (exact) mass is 385 g/mol. The molecule has 28 heavy (non-hydrogen) atoms. The smallest absolute Gasteiger partial charge is 0.303 e. The molecular formula is C21H27N3O4. The molecule has 0 saturated carbocycles. The first-order valence-corrected chi connectivity index (χ1v) is 9.84. The Labute approximate surface area is 165 Å². The second-order valence-electron chi connectivity index (χ2n) is 7.30. The van der Waals surface area contributed by atoms with Crippen molar-refractivity contribution in [1.29, 1.82) is 0 Å². The van der Waals surface area contributed by atoms with E-state index in [1.165, 1.54) is 6.92 Å². The van der Waals surface area contributed by atoms with Crippen molar-refractivity contribution in [1.82, 2.24) is 15.0 Å². The zero-order valence-corrected chi connectivity index (χ0v) is 16.6. The Morgan fingerprint density at radius 3 is 2.54 bits per heavy atom. The van der Waals surface area contributed by atoms with Gasteiger partial charge >= 0.3 is 5.97 Å². The molecule has 1 amide bonds. The number of carbonyl (C=O) groups is 2. The number of likely N-dealkylation sites (tertiary alicyclic amines) is 1. The molecule has 1 fully saturated rings. The number of piperidine rings is 1. The predicted molar refractivity (Wildman–Crippen MR) is 102 cm³/mol. The van der Waals surface area contributed by atoms with Crippen LogP contribution in [0.15, 0.2) is 34.9 Å². The van der Waals surface area contributed by atoms with E-state index in [0.717, 1.165) is 24.8 Å². The lowest BCUT2D eigenvalue weighted by molar-refractivity contribution is -0.145. The van der Waals surface area contributed by atoms with Gasteiger partial charge in [0.15, 0.2) is 5.82 Å². The number of esters is 1. The minimum Gasteiger partial charge on any atom is -0.447 e. The molecule has 2 atom stereocenters. The Balaban J connectivity index is 1.69. The van der Waals surface area contributed by atoms with E-state index in [4.69, 9.17) is 9.26 Å². The van der Waals surface area contributed by atoms with Gasteiger partial charge in [-0.1, -0.05) is 49.3 Å². The summed E-state index contributed by atoms with van der Waals surface area (Å²) in [4.78, 5) is 30.3. The summed E-state index contributed by atoms with van der Waals surface area (Å²) in [5, 5.41) is 4.13. The molecule has 1 aromatic carbocycles. The second kappa shape index (κ2) is 8.99. The van der Waals surface area contributed by atoms with Crippen LogP contribution in [0.2, 0.25) is 0 Å². The number of hydrogen-bond donors (Lipinski definition) is 0. The molecule has 2 heterocycles. The molecule has 2 aromatic rings. The minimum absolute atomic E-state index is 0.0590. The Morgan fingerprint density at radius 2 is 1.93 bits per heavy atom. The maximum atomic E-state index is 12.4. The van der Waals surface area contributed by atoms with Crippen LogP contribution in [0, 0.1) is 5.92 Å². The molecule has 0 radical (unpaired) electrons. The van der Waals surface area contributed by atoms with Gasteiger partial charge in [-0.25, -0.2) is 0 Å². The topological polar surface area (TPSA) is 85.5 Å². The summed E-state index contributed by atoms with van der Waals surface area (Å²) < 4.78 is 10.9. The maximum Gasteiger partial charge on any atom is 0.303 e. The van der Waals surface area contributed by atoms with Gasteiger partial charge < -0.3 is 14.2 Å². The standard InChI is InChI=1S/C21H27N3O4/c1-4-14(2)21(26)24-12-10-17(11-13-24)19-22-20(28-23-19)18(27-15(3)25)16-8-6-5-7-9-16/h5-9,14,17-18H,4,10-13H2,1-3H3/t14-,18+/m1/s1. The molecule has 0 spiro atoms. The Morgan fingerprint density at radius 1 is 1.25 bits per heavy atom. The number of amides is 1. The highest BCUT2D eigenvalue weighted by atomic mass is 16.6. The highest BCUT2D eigenvalue weighted by Crippen LogP contribution is 2.30. The second-order valence-corrected chi connectivity index (χ2v) is 7.30. The molecule has 1 aliphatic rings. The zero-order chi connectivity index (χ0) is 20.1. The third-order valence-corrected chi connectivity index (χ3v) is 5.27. The molecule has 0 unspecified atom stereocenters. The highest BCUT2D eigenvalue weighted by Gasteiger charge is 2.30. The van der Waals surface area contributed by atoms with E-state index >= 15 is 0 Å². The molecule has 150 valence electrons. The third kappa shape index (κ3) is 4.58. The molecule has 1 aliphatic heterocycles. The highest BCUT2D eigenvalue weighted by molar-refractivity contribution is 5.78. The van der Waals surface area contributed by atoms with Crippen molar-refractivity contribution < 1.29 is 18.8 Å². The van der Waals surface area contributed by atoms with Crippen LogP contribution < -0.4 is 0 Å². The number of carbonyl (C=O) groups excluding carboxylic acids is 2. The van der Waals surface area contributed by atoms with Gasteiger partial charge in [-0.05, 0) is 19.3 Å². The van der Waals surface area contributed by atoms with Gasteiger partial charge in [-0.15, -0.1) is 0 Å². The van der Waals surface area contributed by atoms with E-state index in [2.05, 4.69) is 10.1 Å². The first kappa shape index (κ1) is 20.0.